The maximum Gasteiger partial charge on any atom is 0.253 e. The van der Waals surface area contributed by atoms with E-state index in [0.29, 0.717) is 26.2 Å². The molecule has 7 nitrogen and oxygen atoms in total. The largest absolute Gasteiger partial charge is 0.500 e. The molecular formula is C22H27N3O4. The minimum Gasteiger partial charge on any atom is -0.500 e. The predicted octanol–water partition coefficient (Wildman–Crippen LogP) is 2.03. The fourth-order valence-electron chi connectivity index (χ4n) is 4.75. The van der Waals surface area contributed by atoms with Gasteiger partial charge >= 0.3 is 0 Å². The number of morpholine rings is 1. The second-order valence-corrected chi connectivity index (χ2v) is 8.76. The molecule has 1 N–H and O–H groups in total. The number of pyridine rings is 1. The number of ether oxygens (including phenoxy) is 2. The van der Waals surface area contributed by atoms with Crippen LogP contribution in [0.3, 0.4) is 0 Å². The van der Waals surface area contributed by atoms with Gasteiger partial charge in [0.2, 0.25) is 5.91 Å². The number of hydrogen-bond donors (Lipinski definition) is 1. The average molecular weight is 397 g/mol. The van der Waals surface area contributed by atoms with Crippen molar-refractivity contribution in [2.45, 2.75) is 62.1 Å². The fourth-order valence-corrected chi connectivity index (χ4v) is 4.75. The summed E-state index contributed by atoms with van der Waals surface area (Å²) in [6.07, 6.45) is 10.7. The van der Waals surface area contributed by atoms with Gasteiger partial charge in [0, 0.05) is 25.4 Å². The zero-order chi connectivity index (χ0) is 19.9. The summed E-state index contributed by atoms with van der Waals surface area (Å²) in [6.45, 7) is 1.55. The summed E-state index contributed by atoms with van der Waals surface area (Å²) in [7, 11) is 0. The van der Waals surface area contributed by atoms with Crippen molar-refractivity contribution in [1.29, 1.82) is 0 Å². The summed E-state index contributed by atoms with van der Waals surface area (Å²) in [4.78, 5) is 31.9. The van der Waals surface area contributed by atoms with E-state index in [0.717, 1.165) is 43.2 Å². The lowest BCUT2D eigenvalue weighted by atomic mass is 9.74. The third kappa shape index (κ3) is 3.41. The monoisotopic (exact) mass is 397 g/mol. The Labute approximate surface area is 170 Å². The molecule has 2 amide bonds. The van der Waals surface area contributed by atoms with E-state index in [9.17, 15) is 9.59 Å². The molecule has 29 heavy (non-hydrogen) atoms. The quantitative estimate of drug-likeness (QED) is 0.822. The Balaban J connectivity index is 1.24. The zero-order valence-corrected chi connectivity index (χ0v) is 16.6. The van der Waals surface area contributed by atoms with Gasteiger partial charge in [-0.3, -0.25) is 14.6 Å². The van der Waals surface area contributed by atoms with Crippen LogP contribution in [0.4, 0.5) is 0 Å². The van der Waals surface area contributed by atoms with Crippen molar-refractivity contribution in [3.63, 3.8) is 0 Å². The van der Waals surface area contributed by atoms with E-state index in [1.54, 1.807) is 18.7 Å². The Morgan fingerprint density at radius 1 is 1.21 bits per heavy atom. The first-order chi connectivity index (χ1) is 14.1. The highest BCUT2D eigenvalue weighted by molar-refractivity contribution is 5.94. The van der Waals surface area contributed by atoms with E-state index in [4.69, 9.17) is 9.47 Å². The van der Waals surface area contributed by atoms with E-state index in [2.05, 4.69) is 10.3 Å². The average Bonchev–Trinajstić information content (AvgIpc) is 3.27. The highest BCUT2D eigenvalue weighted by Crippen LogP contribution is 2.46. The Morgan fingerprint density at radius 3 is 2.62 bits per heavy atom. The molecule has 2 aliphatic heterocycles. The second-order valence-electron chi connectivity index (χ2n) is 8.76. The second kappa shape index (κ2) is 7.13. The van der Waals surface area contributed by atoms with E-state index >= 15 is 0 Å². The van der Waals surface area contributed by atoms with Crippen LogP contribution in [0.15, 0.2) is 36.4 Å². The Kier molecular flexibility index (Phi) is 4.57. The van der Waals surface area contributed by atoms with Crippen molar-refractivity contribution in [3.05, 3.63) is 41.9 Å². The number of rotatable bonds is 5. The molecule has 2 saturated carbocycles. The number of aromatic nitrogens is 1. The van der Waals surface area contributed by atoms with E-state index < -0.39 is 0 Å². The van der Waals surface area contributed by atoms with Gasteiger partial charge in [0.15, 0.2) is 0 Å². The SMILES string of the molecule is O=C(CC1CN(C(=O)C2=COCC2)C2(CCC2)CO1)NC1(c2ccncc2)CC1. The molecule has 0 radical (unpaired) electrons. The van der Waals surface area contributed by atoms with E-state index in [1.165, 1.54) is 0 Å². The fraction of sp³-hybridized carbons (Fsp3) is 0.591. The van der Waals surface area contributed by atoms with Crippen LogP contribution in [-0.4, -0.2) is 53.1 Å². The van der Waals surface area contributed by atoms with Gasteiger partial charge in [0.1, 0.15) is 0 Å². The van der Waals surface area contributed by atoms with Crippen molar-refractivity contribution in [2.24, 2.45) is 0 Å². The molecule has 1 spiro atoms. The van der Waals surface area contributed by atoms with Gasteiger partial charge in [-0.05, 0) is 49.8 Å². The van der Waals surface area contributed by atoms with Crippen molar-refractivity contribution < 1.29 is 19.1 Å². The third-order valence-corrected chi connectivity index (χ3v) is 6.84. The molecule has 0 bridgehead atoms. The lowest BCUT2D eigenvalue weighted by Crippen LogP contribution is -2.65. The molecule has 4 aliphatic rings. The van der Waals surface area contributed by atoms with Gasteiger partial charge in [-0.25, -0.2) is 0 Å². The summed E-state index contributed by atoms with van der Waals surface area (Å²) in [5.74, 6) is 0.0241. The third-order valence-electron chi connectivity index (χ3n) is 6.84. The molecule has 154 valence electrons. The van der Waals surface area contributed by atoms with Crippen molar-refractivity contribution >= 4 is 11.8 Å². The molecule has 3 fully saturated rings. The lowest BCUT2D eigenvalue weighted by molar-refractivity contribution is -0.169. The highest BCUT2D eigenvalue weighted by Gasteiger charge is 2.50. The van der Waals surface area contributed by atoms with Crippen LogP contribution in [0.25, 0.3) is 0 Å². The predicted molar refractivity (Wildman–Crippen MR) is 105 cm³/mol. The smallest absolute Gasteiger partial charge is 0.253 e. The van der Waals surface area contributed by atoms with Gasteiger partial charge in [-0.15, -0.1) is 0 Å². The molecule has 1 aromatic heterocycles. The van der Waals surface area contributed by atoms with E-state index in [1.807, 2.05) is 17.0 Å². The maximum absolute atomic E-state index is 13.1. The Bertz CT molecular complexity index is 830. The molecule has 2 aliphatic carbocycles. The van der Waals surface area contributed by atoms with Crippen molar-refractivity contribution in [1.82, 2.24) is 15.2 Å². The van der Waals surface area contributed by atoms with Crippen LogP contribution in [0.2, 0.25) is 0 Å². The number of nitrogens with one attached hydrogen (secondary N) is 1. The first kappa shape index (κ1) is 18.6. The van der Waals surface area contributed by atoms with Gasteiger partial charge in [-0.2, -0.15) is 0 Å². The van der Waals surface area contributed by atoms with Crippen LogP contribution >= 0.6 is 0 Å². The minimum atomic E-state index is -0.277. The highest BCUT2D eigenvalue weighted by atomic mass is 16.5. The van der Waals surface area contributed by atoms with Crippen molar-refractivity contribution in [2.75, 3.05) is 19.8 Å². The summed E-state index contributed by atoms with van der Waals surface area (Å²) < 4.78 is 11.3. The summed E-state index contributed by atoms with van der Waals surface area (Å²) in [5.41, 5.74) is 1.38. The first-order valence-corrected chi connectivity index (χ1v) is 10.6. The first-order valence-electron chi connectivity index (χ1n) is 10.6. The molecule has 7 heteroatoms. The number of carbonyl (C=O) groups is 2. The Hall–Kier alpha value is -2.41. The molecule has 1 unspecified atom stereocenters. The Morgan fingerprint density at radius 2 is 2.00 bits per heavy atom. The van der Waals surface area contributed by atoms with Gasteiger partial charge in [0.05, 0.1) is 48.7 Å². The summed E-state index contributed by atoms with van der Waals surface area (Å²) >= 11 is 0. The van der Waals surface area contributed by atoms with Gasteiger partial charge in [0.25, 0.3) is 5.91 Å². The topological polar surface area (TPSA) is 80.8 Å². The van der Waals surface area contributed by atoms with Crippen LogP contribution in [0.1, 0.15) is 50.5 Å². The molecule has 1 saturated heterocycles. The minimum absolute atomic E-state index is 0.0234. The molecule has 3 heterocycles. The maximum atomic E-state index is 13.1. The van der Waals surface area contributed by atoms with Crippen LogP contribution in [0, 0.1) is 0 Å². The van der Waals surface area contributed by atoms with Gasteiger partial charge < -0.3 is 19.7 Å². The van der Waals surface area contributed by atoms with Crippen LogP contribution < -0.4 is 5.32 Å². The summed E-state index contributed by atoms with van der Waals surface area (Å²) in [5, 5.41) is 3.20. The van der Waals surface area contributed by atoms with E-state index in [-0.39, 0.29) is 35.4 Å². The standard InChI is InChI=1S/C22H27N3O4/c26-19(24-22(7-8-22)17-2-9-23-10-3-17)12-18-13-25(20(27)16-4-11-28-14-16)21(15-29-18)5-1-6-21/h2-3,9-10,14,18H,1,4-8,11-13,15H2,(H,24,26). The van der Waals surface area contributed by atoms with Gasteiger partial charge in [-0.1, -0.05) is 0 Å². The molecule has 1 atom stereocenters. The molecule has 0 aromatic carbocycles. The lowest BCUT2D eigenvalue weighted by Gasteiger charge is -2.54. The molecule has 5 rings (SSSR count). The molecular weight excluding hydrogens is 370 g/mol. The normalized spacial score (nSPS) is 26.3. The number of nitrogens with zero attached hydrogens (tertiary/aromatic N) is 2. The van der Waals surface area contributed by atoms with Crippen LogP contribution in [-0.2, 0) is 24.6 Å². The molecule has 1 aromatic rings. The zero-order valence-electron chi connectivity index (χ0n) is 16.6. The number of carbonyl (C=O) groups excluding carboxylic acids is 2. The van der Waals surface area contributed by atoms with Crippen molar-refractivity contribution in [3.8, 4) is 0 Å². The number of amides is 2. The van der Waals surface area contributed by atoms with Crippen LogP contribution in [0.5, 0.6) is 0 Å². The number of hydrogen-bond acceptors (Lipinski definition) is 5. The summed E-state index contributed by atoms with van der Waals surface area (Å²) in [6, 6.07) is 3.92.